The first-order valence-corrected chi connectivity index (χ1v) is 7.41. The molecule has 0 spiro atoms. The molecule has 0 N–H and O–H groups in total. The highest BCUT2D eigenvalue weighted by molar-refractivity contribution is 5.94. The first kappa shape index (κ1) is 14.6. The number of ether oxygens (including phenoxy) is 1. The Hall–Kier alpha value is -2.37. The summed E-state index contributed by atoms with van der Waals surface area (Å²) >= 11 is 0. The normalized spacial score (nSPS) is 18.4. The number of piperidine rings is 1. The van der Waals surface area contributed by atoms with Crippen LogP contribution in [0, 0.1) is 5.92 Å². The molecule has 3 rings (SSSR count). The minimum atomic E-state index is -0.525. The maximum absolute atomic E-state index is 12.1. The van der Waals surface area contributed by atoms with E-state index >= 15 is 0 Å². The van der Waals surface area contributed by atoms with E-state index in [4.69, 9.17) is 9.15 Å². The number of rotatable bonds is 3. The molecule has 1 saturated heterocycles. The zero-order valence-electron chi connectivity index (χ0n) is 12.4. The number of esters is 1. The van der Waals surface area contributed by atoms with E-state index < -0.39 is 5.97 Å². The molecule has 116 valence electrons. The van der Waals surface area contributed by atoms with Crippen molar-refractivity contribution in [1.29, 1.82) is 0 Å². The van der Waals surface area contributed by atoms with Crippen molar-refractivity contribution < 1.29 is 18.7 Å². The van der Waals surface area contributed by atoms with E-state index in [-0.39, 0.29) is 12.5 Å². The van der Waals surface area contributed by atoms with Gasteiger partial charge in [-0.05, 0) is 37.0 Å². The highest BCUT2D eigenvalue weighted by Crippen LogP contribution is 2.17. The third kappa shape index (κ3) is 3.10. The summed E-state index contributed by atoms with van der Waals surface area (Å²) in [6.45, 7) is 3.38. The summed E-state index contributed by atoms with van der Waals surface area (Å²) in [5.41, 5.74) is 1.56. The molecule has 6 heteroatoms. The van der Waals surface area contributed by atoms with Crippen molar-refractivity contribution in [3.05, 3.63) is 30.2 Å². The Morgan fingerprint density at radius 3 is 3.14 bits per heavy atom. The van der Waals surface area contributed by atoms with Gasteiger partial charge in [0.2, 0.25) is 0 Å². The maximum atomic E-state index is 12.1. The van der Waals surface area contributed by atoms with E-state index in [1.54, 1.807) is 23.1 Å². The molecule has 0 radical (unpaired) electrons. The van der Waals surface area contributed by atoms with Gasteiger partial charge in [0.15, 0.2) is 18.6 Å². The molecular formula is C16H18N2O4. The first-order valence-electron chi connectivity index (χ1n) is 7.41. The van der Waals surface area contributed by atoms with Crippen molar-refractivity contribution in [2.75, 3.05) is 19.7 Å². The molecule has 6 nitrogen and oxygen atoms in total. The summed E-state index contributed by atoms with van der Waals surface area (Å²) in [6, 6.07) is 4.85. The van der Waals surface area contributed by atoms with Gasteiger partial charge in [0.05, 0.1) is 5.56 Å². The molecule has 0 aliphatic carbocycles. The number of amides is 1. The van der Waals surface area contributed by atoms with Gasteiger partial charge in [0.25, 0.3) is 5.91 Å². The topological polar surface area (TPSA) is 72.6 Å². The Balaban J connectivity index is 1.58. The van der Waals surface area contributed by atoms with Crippen LogP contribution in [-0.4, -0.2) is 41.5 Å². The lowest BCUT2D eigenvalue weighted by molar-refractivity contribution is -0.136. The predicted molar refractivity (Wildman–Crippen MR) is 79.3 cm³/mol. The predicted octanol–water partition coefficient (Wildman–Crippen LogP) is 2.24. The number of hydrogen-bond acceptors (Lipinski definition) is 5. The van der Waals surface area contributed by atoms with Crippen molar-refractivity contribution in [2.45, 2.75) is 19.8 Å². The molecule has 1 aliphatic rings. The van der Waals surface area contributed by atoms with E-state index in [0.717, 1.165) is 25.9 Å². The fraction of sp³-hybridized carbons (Fsp3) is 0.438. The van der Waals surface area contributed by atoms with Gasteiger partial charge in [-0.15, -0.1) is 0 Å². The van der Waals surface area contributed by atoms with Gasteiger partial charge < -0.3 is 14.1 Å². The van der Waals surface area contributed by atoms with Crippen LogP contribution in [0.15, 0.2) is 29.0 Å². The molecule has 0 bridgehead atoms. The fourth-order valence-electron chi connectivity index (χ4n) is 2.70. The summed E-state index contributed by atoms with van der Waals surface area (Å²) in [5, 5.41) is 0. The molecule has 1 fully saturated rings. The second-order valence-electron chi connectivity index (χ2n) is 5.70. The summed E-state index contributed by atoms with van der Waals surface area (Å²) in [4.78, 5) is 29.8. The largest absolute Gasteiger partial charge is 0.452 e. The average Bonchev–Trinajstić information content (AvgIpc) is 2.99. The fourth-order valence-corrected chi connectivity index (χ4v) is 2.70. The smallest absolute Gasteiger partial charge is 0.338 e. The summed E-state index contributed by atoms with van der Waals surface area (Å²) < 4.78 is 10.2. The molecule has 22 heavy (non-hydrogen) atoms. The van der Waals surface area contributed by atoms with Crippen molar-refractivity contribution >= 4 is 23.0 Å². The van der Waals surface area contributed by atoms with Gasteiger partial charge in [0, 0.05) is 13.1 Å². The SMILES string of the molecule is CC1CCCN(C(=O)COC(=O)c2ccc3ocnc3c2)C1. The number of likely N-dealkylation sites (tertiary alicyclic amines) is 1. The monoisotopic (exact) mass is 302 g/mol. The quantitative estimate of drug-likeness (QED) is 0.813. The average molecular weight is 302 g/mol. The van der Waals surface area contributed by atoms with Crippen LogP contribution in [0.5, 0.6) is 0 Å². The first-order chi connectivity index (χ1) is 10.6. The molecular weight excluding hydrogens is 284 g/mol. The minimum absolute atomic E-state index is 0.137. The van der Waals surface area contributed by atoms with Crippen molar-refractivity contribution in [3.8, 4) is 0 Å². The highest BCUT2D eigenvalue weighted by atomic mass is 16.5. The molecule has 0 saturated carbocycles. The summed E-state index contributed by atoms with van der Waals surface area (Å²) in [7, 11) is 0. The molecule has 1 atom stereocenters. The Kier molecular flexibility index (Phi) is 4.09. The molecule has 1 aromatic carbocycles. The number of carbonyl (C=O) groups excluding carboxylic acids is 2. The molecule has 1 aromatic heterocycles. The molecule has 1 amide bonds. The van der Waals surface area contributed by atoms with Crippen LogP contribution < -0.4 is 0 Å². The third-order valence-corrected chi connectivity index (χ3v) is 3.90. The minimum Gasteiger partial charge on any atom is -0.452 e. The Morgan fingerprint density at radius 2 is 2.32 bits per heavy atom. The maximum Gasteiger partial charge on any atom is 0.338 e. The van der Waals surface area contributed by atoms with Gasteiger partial charge >= 0.3 is 5.97 Å². The lowest BCUT2D eigenvalue weighted by Crippen LogP contribution is -2.41. The number of nitrogens with zero attached hydrogens (tertiary/aromatic N) is 2. The zero-order chi connectivity index (χ0) is 15.5. The van der Waals surface area contributed by atoms with Crippen LogP contribution in [0.1, 0.15) is 30.1 Å². The van der Waals surface area contributed by atoms with Crippen molar-refractivity contribution in [1.82, 2.24) is 9.88 Å². The molecule has 2 aromatic rings. The number of benzene rings is 1. The Labute approximate surface area is 128 Å². The van der Waals surface area contributed by atoms with Crippen LogP contribution in [0.3, 0.4) is 0 Å². The van der Waals surface area contributed by atoms with Gasteiger partial charge in [-0.2, -0.15) is 0 Å². The third-order valence-electron chi connectivity index (χ3n) is 3.90. The second kappa shape index (κ2) is 6.17. The van der Waals surface area contributed by atoms with Gasteiger partial charge in [-0.3, -0.25) is 4.79 Å². The van der Waals surface area contributed by atoms with Crippen LogP contribution in [0.25, 0.3) is 11.1 Å². The Morgan fingerprint density at radius 1 is 1.45 bits per heavy atom. The number of aromatic nitrogens is 1. The lowest BCUT2D eigenvalue weighted by Gasteiger charge is -2.30. The highest BCUT2D eigenvalue weighted by Gasteiger charge is 2.22. The second-order valence-corrected chi connectivity index (χ2v) is 5.70. The van der Waals surface area contributed by atoms with Crippen molar-refractivity contribution in [2.24, 2.45) is 5.92 Å². The van der Waals surface area contributed by atoms with Gasteiger partial charge in [-0.25, -0.2) is 9.78 Å². The Bertz CT molecular complexity index is 694. The van der Waals surface area contributed by atoms with Crippen LogP contribution >= 0.6 is 0 Å². The van der Waals surface area contributed by atoms with Gasteiger partial charge in [-0.1, -0.05) is 6.92 Å². The van der Waals surface area contributed by atoms with Gasteiger partial charge in [0.1, 0.15) is 5.52 Å². The van der Waals surface area contributed by atoms with E-state index in [9.17, 15) is 9.59 Å². The van der Waals surface area contributed by atoms with E-state index in [0.29, 0.717) is 22.6 Å². The number of fused-ring (bicyclic) bond motifs is 1. The molecule has 1 aliphatic heterocycles. The van der Waals surface area contributed by atoms with E-state index in [2.05, 4.69) is 11.9 Å². The molecule has 2 heterocycles. The number of oxazole rings is 1. The standard InChI is InChI=1S/C16H18N2O4/c1-11-3-2-6-18(8-11)15(19)9-21-16(20)12-4-5-14-13(7-12)17-10-22-14/h4-5,7,10-11H,2-3,6,8-9H2,1H3. The van der Waals surface area contributed by atoms with E-state index in [1.807, 2.05) is 0 Å². The van der Waals surface area contributed by atoms with Crippen molar-refractivity contribution in [3.63, 3.8) is 0 Å². The number of hydrogen-bond donors (Lipinski definition) is 0. The lowest BCUT2D eigenvalue weighted by atomic mass is 10.0. The van der Waals surface area contributed by atoms with Crippen LogP contribution in [-0.2, 0) is 9.53 Å². The van der Waals surface area contributed by atoms with Crippen LogP contribution in [0.4, 0.5) is 0 Å². The molecule has 1 unspecified atom stereocenters. The summed E-state index contributed by atoms with van der Waals surface area (Å²) in [6.07, 6.45) is 3.46. The zero-order valence-corrected chi connectivity index (χ0v) is 12.4. The van der Waals surface area contributed by atoms with Crippen LogP contribution in [0.2, 0.25) is 0 Å². The van der Waals surface area contributed by atoms with E-state index in [1.165, 1.54) is 6.39 Å². The number of carbonyl (C=O) groups is 2. The summed E-state index contributed by atoms with van der Waals surface area (Å²) in [5.74, 6) is -0.159.